The molecule has 1 rings (SSSR count). The van der Waals surface area contributed by atoms with Gasteiger partial charge in [-0.1, -0.05) is 0 Å². The Bertz CT molecular complexity index is 393. The molecule has 0 unspecified atom stereocenters. The summed E-state index contributed by atoms with van der Waals surface area (Å²) in [6.45, 7) is 1.58. The summed E-state index contributed by atoms with van der Waals surface area (Å²) in [6.07, 6.45) is -0.441. The Morgan fingerprint density at radius 1 is 1.59 bits per heavy atom. The smallest absolute Gasteiger partial charge is 0.306 e. The van der Waals surface area contributed by atoms with Crippen LogP contribution in [0.3, 0.4) is 0 Å². The number of carbonyl (C=O) groups is 1. The van der Waals surface area contributed by atoms with Gasteiger partial charge in [0.1, 0.15) is 5.82 Å². The fourth-order valence-corrected chi connectivity index (χ4v) is 2.37. The van der Waals surface area contributed by atoms with Gasteiger partial charge in [0.25, 0.3) is 0 Å². The van der Waals surface area contributed by atoms with Crippen LogP contribution >= 0.6 is 11.8 Å². The van der Waals surface area contributed by atoms with Crippen LogP contribution in [0.2, 0.25) is 0 Å². The maximum absolute atomic E-state index is 13.0. The van der Waals surface area contributed by atoms with Crippen molar-refractivity contribution in [3.63, 3.8) is 0 Å². The summed E-state index contributed by atoms with van der Waals surface area (Å²) in [5.74, 6) is -0.116. The minimum atomic E-state index is -0.730. The highest BCUT2D eigenvalue weighted by atomic mass is 32.2. The molecular weight excluding hydrogens is 243 g/mol. The molecule has 94 valence electrons. The van der Waals surface area contributed by atoms with Gasteiger partial charge in [-0.25, -0.2) is 4.39 Å². The van der Waals surface area contributed by atoms with E-state index >= 15 is 0 Å². The number of ether oxygens (including phenoxy) is 1. The lowest BCUT2D eigenvalue weighted by Gasteiger charge is -2.11. The van der Waals surface area contributed by atoms with Crippen LogP contribution in [0.15, 0.2) is 23.1 Å². The summed E-state index contributed by atoms with van der Waals surface area (Å²) >= 11 is 1.40. The number of benzene rings is 1. The Balaban J connectivity index is 2.67. The SMILES string of the molecule is COC(=O)CCSc1ccc(F)cc1[C@H](C)O. The quantitative estimate of drug-likeness (QED) is 0.651. The van der Waals surface area contributed by atoms with Gasteiger partial charge in [0.05, 0.1) is 19.6 Å². The monoisotopic (exact) mass is 258 g/mol. The van der Waals surface area contributed by atoms with E-state index in [9.17, 15) is 14.3 Å². The zero-order valence-corrected chi connectivity index (χ0v) is 10.6. The second kappa shape index (κ2) is 6.61. The zero-order chi connectivity index (χ0) is 12.8. The molecule has 0 saturated heterocycles. The van der Waals surface area contributed by atoms with E-state index in [1.54, 1.807) is 13.0 Å². The molecular formula is C12H15FO3S. The first-order valence-corrected chi connectivity index (χ1v) is 6.20. The first-order chi connectivity index (χ1) is 8.04. The molecule has 1 N–H and O–H groups in total. The average molecular weight is 258 g/mol. The van der Waals surface area contributed by atoms with Gasteiger partial charge in [-0.2, -0.15) is 0 Å². The van der Waals surface area contributed by atoms with E-state index in [0.717, 1.165) is 4.90 Å². The van der Waals surface area contributed by atoms with E-state index < -0.39 is 6.10 Å². The third-order valence-corrected chi connectivity index (χ3v) is 3.30. The number of hydrogen-bond acceptors (Lipinski definition) is 4. The highest BCUT2D eigenvalue weighted by Gasteiger charge is 2.10. The minimum absolute atomic E-state index is 0.279. The maximum atomic E-state index is 13.0. The highest BCUT2D eigenvalue weighted by molar-refractivity contribution is 7.99. The van der Waals surface area contributed by atoms with Gasteiger partial charge < -0.3 is 9.84 Å². The molecule has 1 aromatic carbocycles. The molecule has 3 nitrogen and oxygen atoms in total. The highest BCUT2D eigenvalue weighted by Crippen LogP contribution is 2.28. The van der Waals surface area contributed by atoms with E-state index in [0.29, 0.717) is 11.3 Å². The van der Waals surface area contributed by atoms with Gasteiger partial charge in [0.15, 0.2) is 0 Å². The van der Waals surface area contributed by atoms with Crippen molar-refractivity contribution >= 4 is 17.7 Å². The number of carbonyl (C=O) groups excluding carboxylic acids is 1. The Kier molecular flexibility index (Phi) is 5.44. The van der Waals surface area contributed by atoms with E-state index in [2.05, 4.69) is 4.74 Å². The summed E-state index contributed by atoms with van der Waals surface area (Å²) in [4.78, 5) is 11.7. The summed E-state index contributed by atoms with van der Waals surface area (Å²) in [5, 5.41) is 9.51. The van der Waals surface area contributed by atoms with Gasteiger partial charge in [0, 0.05) is 10.6 Å². The van der Waals surface area contributed by atoms with Gasteiger partial charge >= 0.3 is 5.97 Å². The van der Waals surface area contributed by atoms with Crippen molar-refractivity contribution in [3.05, 3.63) is 29.6 Å². The Morgan fingerprint density at radius 3 is 2.88 bits per heavy atom. The molecule has 0 aromatic heterocycles. The number of hydrogen-bond donors (Lipinski definition) is 1. The van der Waals surface area contributed by atoms with Crippen LogP contribution in [0.5, 0.6) is 0 Å². The van der Waals surface area contributed by atoms with Crippen LogP contribution in [-0.4, -0.2) is 23.9 Å². The molecule has 0 bridgehead atoms. The van der Waals surface area contributed by atoms with Gasteiger partial charge in [-0.3, -0.25) is 4.79 Å². The summed E-state index contributed by atoms with van der Waals surface area (Å²) in [5.41, 5.74) is 0.542. The maximum Gasteiger partial charge on any atom is 0.306 e. The zero-order valence-electron chi connectivity index (χ0n) is 9.77. The Morgan fingerprint density at radius 2 is 2.29 bits per heavy atom. The third-order valence-electron chi connectivity index (χ3n) is 2.21. The normalized spacial score (nSPS) is 12.2. The average Bonchev–Trinajstić information content (AvgIpc) is 2.30. The van der Waals surface area contributed by atoms with E-state index in [1.807, 2.05) is 0 Å². The molecule has 0 fully saturated rings. The molecule has 1 aromatic rings. The summed E-state index contributed by atoms with van der Waals surface area (Å²) in [7, 11) is 1.34. The van der Waals surface area contributed by atoms with Crippen molar-refractivity contribution in [3.8, 4) is 0 Å². The minimum Gasteiger partial charge on any atom is -0.469 e. The molecule has 0 heterocycles. The molecule has 5 heteroatoms. The third kappa shape index (κ3) is 4.36. The topological polar surface area (TPSA) is 46.5 Å². The molecule has 0 aliphatic heterocycles. The standard InChI is InChI=1S/C12H15FO3S/c1-8(14)10-7-9(13)3-4-11(10)17-6-5-12(15)16-2/h3-4,7-8,14H,5-6H2,1-2H3/t8-/m0/s1. The number of aliphatic hydroxyl groups excluding tert-OH is 1. The number of halogens is 1. The van der Waals surface area contributed by atoms with Crippen molar-refractivity contribution in [1.82, 2.24) is 0 Å². The van der Waals surface area contributed by atoms with E-state index in [4.69, 9.17) is 0 Å². The molecule has 0 radical (unpaired) electrons. The predicted octanol–water partition coefficient (Wildman–Crippen LogP) is 2.53. The van der Waals surface area contributed by atoms with Crippen LogP contribution < -0.4 is 0 Å². The lowest BCUT2D eigenvalue weighted by molar-refractivity contribution is -0.140. The second-order valence-electron chi connectivity index (χ2n) is 3.53. The van der Waals surface area contributed by atoms with E-state index in [-0.39, 0.29) is 18.2 Å². The lowest BCUT2D eigenvalue weighted by atomic mass is 10.1. The van der Waals surface area contributed by atoms with E-state index in [1.165, 1.54) is 31.0 Å². The van der Waals surface area contributed by atoms with Crippen molar-refractivity contribution in [1.29, 1.82) is 0 Å². The number of methoxy groups -OCH3 is 1. The number of aliphatic hydroxyl groups is 1. The van der Waals surface area contributed by atoms with Crippen molar-refractivity contribution < 1.29 is 19.0 Å². The largest absolute Gasteiger partial charge is 0.469 e. The van der Waals surface area contributed by atoms with Crippen LogP contribution in [-0.2, 0) is 9.53 Å². The van der Waals surface area contributed by atoms with Crippen molar-refractivity contribution in [2.45, 2.75) is 24.3 Å². The molecule has 0 saturated carbocycles. The molecule has 1 atom stereocenters. The van der Waals surface area contributed by atoms with Crippen LogP contribution in [0.4, 0.5) is 4.39 Å². The lowest BCUT2D eigenvalue weighted by Crippen LogP contribution is -2.02. The van der Waals surface area contributed by atoms with Crippen molar-refractivity contribution in [2.24, 2.45) is 0 Å². The molecule has 0 aliphatic rings. The molecule has 0 spiro atoms. The predicted molar refractivity (Wildman–Crippen MR) is 64.4 cm³/mol. The van der Waals surface area contributed by atoms with Crippen LogP contribution in [0.1, 0.15) is 25.0 Å². The number of thioether (sulfide) groups is 1. The van der Waals surface area contributed by atoms with Crippen LogP contribution in [0, 0.1) is 5.82 Å². The molecule has 0 amide bonds. The van der Waals surface area contributed by atoms with Gasteiger partial charge in [0.2, 0.25) is 0 Å². The summed E-state index contributed by atoms with van der Waals surface area (Å²) < 4.78 is 17.5. The fraction of sp³-hybridized carbons (Fsp3) is 0.417. The second-order valence-corrected chi connectivity index (χ2v) is 4.67. The fourth-order valence-electron chi connectivity index (χ4n) is 1.32. The molecule has 17 heavy (non-hydrogen) atoms. The number of esters is 1. The summed E-state index contributed by atoms with van der Waals surface area (Å²) in [6, 6.07) is 4.26. The van der Waals surface area contributed by atoms with Gasteiger partial charge in [-0.15, -0.1) is 11.8 Å². The molecule has 0 aliphatic carbocycles. The van der Waals surface area contributed by atoms with Crippen LogP contribution in [0.25, 0.3) is 0 Å². The number of rotatable bonds is 5. The van der Waals surface area contributed by atoms with Gasteiger partial charge in [-0.05, 0) is 30.7 Å². The van der Waals surface area contributed by atoms with Crippen molar-refractivity contribution in [2.75, 3.05) is 12.9 Å². The Labute approximate surface area is 104 Å². The first kappa shape index (κ1) is 14.0. The first-order valence-electron chi connectivity index (χ1n) is 5.21. The Hall–Kier alpha value is -1.07.